The Balaban J connectivity index is 1.50. The molecule has 0 aliphatic carbocycles. The Labute approximate surface area is 184 Å². The van der Waals surface area contributed by atoms with Crippen LogP contribution in [0.2, 0.25) is 0 Å². The maximum absolute atomic E-state index is 12.7. The van der Waals surface area contributed by atoms with Crippen LogP contribution in [0.4, 0.5) is 24.5 Å². The van der Waals surface area contributed by atoms with E-state index < -0.39 is 46.5 Å². The van der Waals surface area contributed by atoms with Gasteiger partial charge in [0, 0.05) is 18.1 Å². The number of benzene rings is 2. The van der Waals surface area contributed by atoms with E-state index in [2.05, 4.69) is 10.3 Å². The van der Waals surface area contributed by atoms with Gasteiger partial charge in [0.15, 0.2) is 18.3 Å². The molecule has 172 valence electrons. The van der Waals surface area contributed by atoms with E-state index >= 15 is 0 Å². The van der Waals surface area contributed by atoms with Crippen molar-refractivity contribution < 1.29 is 36.8 Å². The lowest BCUT2D eigenvalue weighted by atomic mass is 10.1. The summed E-state index contributed by atoms with van der Waals surface area (Å²) in [5.41, 5.74) is -1.82. The second-order valence-electron chi connectivity index (χ2n) is 6.68. The zero-order valence-corrected chi connectivity index (χ0v) is 16.8. The molecule has 0 aliphatic rings. The zero-order valence-electron chi connectivity index (χ0n) is 16.8. The number of alkyl halides is 3. The van der Waals surface area contributed by atoms with Crippen LogP contribution in [-0.4, -0.2) is 28.4 Å². The number of nitro groups is 1. The van der Waals surface area contributed by atoms with Crippen molar-refractivity contribution in [1.82, 2.24) is 4.98 Å². The molecule has 0 aliphatic heterocycles. The molecule has 0 fully saturated rings. The van der Waals surface area contributed by atoms with Crippen LogP contribution in [-0.2, 0) is 26.9 Å². The molecular formula is C21H16F3N3O6. The number of carbonyl (C=O) groups is 2. The largest absolute Gasteiger partial charge is 0.456 e. The number of hydrogen-bond acceptors (Lipinski definition) is 7. The highest BCUT2D eigenvalue weighted by Crippen LogP contribution is 2.34. The number of amides is 1. The summed E-state index contributed by atoms with van der Waals surface area (Å²) in [7, 11) is 0. The Morgan fingerprint density at radius 2 is 1.88 bits per heavy atom. The minimum atomic E-state index is -4.78. The maximum Gasteiger partial charge on any atom is 0.416 e. The van der Waals surface area contributed by atoms with Crippen molar-refractivity contribution >= 4 is 23.3 Å². The number of hydrogen-bond donors (Lipinski definition) is 1. The first-order valence-electron chi connectivity index (χ1n) is 9.44. The monoisotopic (exact) mass is 463 g/mol. The molecule has 1 N–H and O–H groups in total. The fourth-order valence-corrected chi connectivity index (χ4v) is 2.74. The minimum Gasteiger partial charge on any atom is -0.456 e. The molecule has 0 atom stereocenters. The van der Waals surface area contributed by atoms with E-state index in [1.807, 2.05) is 30.3 Å². The second-order valence-corrected chi connectivity index (χ2v) is 6.68. The number of oxazole rings is 1. The van der Waals surface area contributed by atoms with Gasteiger partial charge in [0.2, 0.25) is 0 Å². The first kappa shape index (κ1) is 23.4. The lowest BCUT2D eigenvalue weighted by Gasteiger charge is -2.10. The summed E-state index contributed by atoms with van der Waals surface area (Å²) in [6.45, 7) is -0.780. The number of esters is 1. The minimum absolute atomic E-state index is 0.109. The van der Waals surface area contributed by atoms with Crippen molar-refractivity contribution in [3.63, 3.8) is 0 Å². The number of nitrogens with one attached hydrogen (secondary N) is 1. The van der Waals surface area contributed by atoms with Gasteiger partial charge in [-0.15, -0.1) is 0 Å². The lowest BCUT2D eigenvalue weighted by Crippen LogP contribution is -2.21. The molecule has 3 rings (SSSR count). The maximum atomic E-state index is 12.7. The molecule has 0 unspecified atom stereocenters. The summed E-state index contributed by atoms with van der Waals surface area (Å²) in [4.78, 5) is 37.9. The first-order chi connectivity index (χ1) is 15.6. The molecule has 0 radical (unpaired) electrons. The van der Waals surface area contributed by atoms with E-state index in [0.29, 0.717) is 17.9 Å². The van der Waals surface area contributed by atoms with Crippen molar-refractivity contribution in [3.8, 4) is 11.3 Å². The molecule has 0 saturated carbocycles. The van der Waals surface area contributed by atoms with Gasteiger partial charge in [-0.05, 0) is 12.1 Å². The molecule has 1 aromatic heterocycles. The van der Waals surface area contributed by atoms with E-state index in [0.717, 1.165) is 11.6 Å². The third-order valence-electron chi connectivity index (χ3n) is 4.31. The zero-order chi connectivity index (χ0) is 24.0. The number of aryl methyl sites for hydroxylation is 1. The topological polar surface area (TPSA) is 125 Å². The van der Waals surface area contributed by atoms with E-state index in [-0.39, 0.29) is 18.7 Å². The smallest absolute Gasteiger partial charge is 0.416 e. The predicted molar refractivity (Wildman–Crippen MR) is 108 cm³/mol. The summed E-state index contributed by atoms with van der Waals surface area (Å²) >= 11 is 0. The van der Waals surface area contributed by atoms with Crippen LogP contribution in [0.25, 0.3) is 11.3 Å². The number of anilines is 1. The van der Waals surface area contributed by atoms with Crippen molar-refractivity contribution in [2.75, 3.05) is 11.9 Å². The van der Waals surface area contributed by atoms with Gasteiger partial charge in [-0.25, -0.2) is 4.98 Å². The lowest BCUT2D eigenvalue weighted by molar-refractivity contribution is -0.384. The summed E-state index contributed by atoms with van der Waals surface area (Å²) in [6, 6.07) is 10.8. The van der Waals surface area contributed by atoms with Crippen LogP contribution in [0, 0.1) is 10.1 Å². The first-order valence-corrected chi connectivity index (χ1v) is 9.44. The molecule has 1 heterocycles. The molecule has 33 heavy (non-hydrogen) atoms. The Kier molecular flexibility index (Phi) is 7.06. The van der Waals surface area contributed by atoms with Crippen molar-refractivity contribution in [2.24, 2.45) is 0 Å². The van der Waals surface area contributed by atoms with Gasteiger partial charge >= 0.3 is 12.1 Å². The molecule has 2 aromatic carbocycles. The van der Waals surface area contributed by atoms with Gasteiger partial charge in [0.25, 0.3) is 11.6 Å². The van der Waals surface area contributed by atoms with Crippen molar-refractivity contribution in [3.05, 3.63) is 76.3 Å². The van der Waals surface area contributed by atoms with Gasteiger partial charge in [-0.2, -0.15) is 13.2 Å². The fraction of sp³-hybridized carbons (Fsp3) is 0.190. The fourth-order valence-electron chi connectivity index (χ4n) is 2.74. The Morgan fingerprint density at radius 1 is 1.15 bits per heavy atom. The highest BCUT2D eigenvalue weighted by Gasteiger charge is 2.33. The number of nitro benzene ring substituents is 1. The highest BCUT2D eigenvalue weighted by atomic mass is 19.4. The van der Waals surface area contributed by atoms with Crippen LogP contribution < -0.4 is 5.32 Å². The average molecular weight is 463 g/mol. The van der Waals surface area contributed by atoms with Crippen LogP contribution in [0.15, 0.2) is 59.1 Å². The molecule has 12 heteroatoms. The summed E-state index contributed by atoms with van der Waals surface area (Å²) < 4.78 is 48.6. The van der Waals surface area contributed by atoms with Gasteiger partial charge in [0.05, 0.1) is 23.1 Å². The Bertz CT molecular complexity index is 1160. The van der Waals surface area contributed by atoms with E-state index in [4.69, 9.17) is 9.15 Å². The molecule has 0 bridgehead atoms. The van der Waals surface area contributed by atoms with Crippen LogP contribution in [0.5, 0.6) is 0 Å². The van der Waals surface area contributed by atoms with E-state index in [9.17, 15) is 32.9 Å². The third-order valence-corrected chi connectivity index (χ3v) is 4.31. The SMILES string of the molecule is O=C(COC(=O)CCc1ncc(-c2ccccc2)o1)Nc1ccc(C(F)(F)F)cc1[N+](=O)[O-]. The molecule has 9 nitrogen and oxygen atoms in total. The molecular weight excluding hydrogens is 447 g/mol. The number of nitrogens with zero attached hydrogens (tertiary/aromatic N) is 2. The molecule has 3 aromatic rings. The Morgan fingerprint density at radius 3 is 2.55 bits per heavy atom. The molecule has 0 saturated heterocycles. The van der Waals surface area contributed by atoms with E-state index in [1.54, 1.807) is 0 Å². The van der Waals surface area contributed by atoms with Gasteiger partial charge < -0.3 is 14.5 Å². The van der Waals surface area contributed by atoms with Crippen LogP contribution in [0.3, 0.4) is 0 Å². The quantitative estimate of drug-likeness (QED) is 0.299. The number of carbonyl (C=O) groups excluding carboxylic acids is 2. The summed E-state index contributed by atoms with van der Waals surface area (Å²) in [5, 5.41) is 13.1. The van der Waals surface area contributed by atoms with Crippen LogP contribution in [0.1, 0.15) is 17.9 Å². The highest BCUT2D eigenvalue weighted by molar-refractivity contribution is 5.94. The number of rotatable bonds is 8. The standard InChI is InChI=1S/C21H16F3N3O6/c22-21(23,24)14-6-7-15(16(10-14)27(30)31)26-18(28)12-32-20(29)9-8-19-25-11-17(33-19)13-4-2-1-3-5-13/h1-7,10-11H,8-9,12H2,(H,26,28). The van der Waals surface area contributed by atoms with Gasteiger partial charge in [-0.1, -0.05) is 30.3 Å². The predicted octanol–water partition coefficient (Wildman–Crippen LogP) is 4.38. The van der Waals surface area contributed by atoms with Crippen molar-refractivity contribution in [1.29, 1.82) is 0 Å². The molecule has 1 amide bonds. The average Bonchev–Trinajstić information content (AvgIpc) is 3.25. The summed E-state index contributed by atoms with van der Waals surface area (Å²) in [5.74, 6) is -0.896. The van der Waals surface area contributed by atoms with E-state index in [1.165, 1.54) is 6.20 Å². The normalized spacial score (nSPS) is 11.1. The number of ether oxygens (including phenoxy) is 1. The van der Waals surface area contributed by atoms with Crippen LogP contribution >= 0.6 is 0 Å². The summed E-state index contributed by atoms with van der Waals surface area (Å²) in [6.07, 6.45) is -3.31. The Hall–Kier alpha value is -4.22. The number of halogens is 3. The molecule has 0 spiro atoms. The van der Waals surface area contributed by atoms with Crippen molar-refractivity contribution in [2.45, 2.75) is 19.0 Å². The third kappa shape index (κ3) is 6.38. The second kappa shape index (κ2) is 9.94. The van der Waals surface area contributed by atoms with Gasteiger partial charge in [-0.3, -0.25) is 19.7 Å². The van der Waals surface area contributed by atoms with Gasteiger partial charge in [0.1, 0.15) is 5.69 Å². The number of aromatic nitrogens is 1.